The van der Waals surface area contributed by atoms with E-state index in [-0.39, 0.29) is 6.42 Å². The summed E-state index contributed by atoms with van der Waals surface area (Å²) in [7, 11) is -7.68. The number of benzene rings is 3. The smallest absolute Gasteiger partial charge is 0.267 e. The third-order valence-corrected chi connectivity index (χ3v) is 6.62. The predicted octanol–water partition coefficient (Wildman–Crippen LogP) is 3.77. The number of aliphatic hydroxyl groups is 1. The van der Waals surface area contributed by atoms with Gasteiger partial charge < -0.3 is 14.6 Å². The Bertz CT molecular complexity index is 1350. The zero-order chi connectivity index (χ0) is 28.0. The molecule has 3 aromatic carbocycles. The second-order valence-electron chi connectivity index (χ2n) is 8.81. The second kappa shape index (κ2) is 12.4. The molecule has 0 amide bonds. The summed E-state index contributed by atoms with van der Waals surface area (Å²) < 4.78 is 68.9. The number of ether oxygens (including phenoxy) is 2. The number of hydrogen-bond acceptors (Lipinski definition) is 9. The van der Waals surface area contributed by atoms with E-state index in [1.807, 2.05) is 60.7 Å². The van der Waals surface area contributed by atoms with Crippen LogP contribution in [0.4, 0.5) is 0 Å². The fraction of sp³-hybridized carbons (Fsp3) is 0.333. The Morgan fingerprint density at radius 2 is 1.21 bits per heavy atom. The first-order valence-corrected chi connectivity index (χ1v) is 15.4. The van der Waals surface area contributed by atoms with Crippen LogP contribution in [0.3, 0.4) is 0 Å². The molecule has 0 aliphatic heterocycles. The molecule has 0 bridgehead atoms. The van der Waals surface area contributed by atoms with Gasteiger partial charge in [0.25, 0.3) is 20.2 Å². The third-order valence-electron chi connectivity index (χ3n) is 5.43. The lowest BCUT2D eigenvalue weighted by Gasteiger charge is -2.39. The molecule has 0 aliphatic carbocycles. The van der Waals surface area contributed by atoms with Crippen molar-refractivity contribution >= 4 is 20.2 Å². The number of para-hydroxylation sites is 1. The van der Waals surface area contributed by atoms with Crippen LogP contribution < -0.4 is 4.74 Å². The lowest BCUT2D eigenvalue weighted by Crippen LogP contribution is -2.38. The summed E-state index contributed by atoms with van der Waals surface area (Å²) in [5.41, 5.74) is 0.633. The van der Waals surface area contributed by atoms with E-state index in [4.69, 9.17) is 17.8 Å². The summed E-state index contributed by atoms with van der Waals surface area (Å²) in [6.45, 7) is 3.15. The highest BCUT2D eigenvalue weighted by Crippen LogP contribution is 2.45. The average molecular weight is 565 g/mol. The van der Waals surface area contributed by atoms with Crippen LogP contribution in [0.5, 0.6) is 5.75 Å². The second-order valence-corrected chi connectivity index (χ2v) is 12.0. The van der Waals surface area contributed by atoms with E-state index in [0.717, 1.165) is 12.5 Å². The first-order valence-electron chi connectivity index (χ1n) is 11.8. The molecule has 3 aromatic rings. The van der Waals surface area contributed by atoms with E-state index >= 15 is 0 Å². The molecule has 0 aromatic heterocycles. The first-order chi connectivity index (χ1) is 17.8. The Kier molecular flexibility index (Phi) is 9.69. The van der Waals surface area contributed by atoms with Crippen LogP contribution in [0.15, 0.2) is 84.9 Å². The molecule has 3 unspecified atom stereocenters. The fourth-order valence-corrected chi connectivity index (χ4v) is 5.22. The Balaban J connectivity index is 2.18. The maximum Gasteiger partial charge on any atom is 0.267 e. The van der Waals surface area contributed by atoms with Gasteiger partial charge in [-0.15, -0.1) is 0 Å². The van der Waals surface area contributed by atoms with Gasteiger partial charge in [-0.25, -0.2) is 8.37 Å². The highest BCUT2D eigenvalue weighted by molar-refractivity contribution is 7.86. The maximum atomic E-state index is 11.7. The van der Waals surface area contributed by atoms with Crippen LogP contribution in [0.1, 0.15) is 37.0 Å². The Morgan fingerprint density at radius 3 is 1.71 bits per heavy atom. The molecule has 206 valence electrons. The van der Waals surface area contributed by atoms with Crippen molar-refractivity contribution in [1.29, 1.82) is 0 Å². The molecule has 0 fully saturated rings. The normalized spacial score (nSPS) is 15.0. The van der Waals surface area contributed by atoms with Crippen LogP contribution in [-0.4, -0.2) is 53.1 Å². The van der Waals surface area contributed by atoms with Crippen molar-refractivity contribution in [3.63, 3.8) is 0 Å². The van der Waals surface area contributed by atoms with E-state index in [1.54, 1.807) is 31.2 Å². The van der Waals surface area contributed by atoms with E-state index in [1.165, 1.54) is 6.92 Å². The number of aliphatic hydroxyl groups excluding tert-OH is 1. The first kappa shape index (κ1) is 29.8. The SMILES string of the molecule is CC(CC(O)OS(C)(=O)=O)OC(c1ccccc1)(c1ccccc1)c1ccccc1OC(C)OS(C)(=O)=O. The monoisotopic (exact) mass is 564 g/mol. The van der Waals surface area contributed by atoms with Gasteiger partial charge in [0.15, 0.2) is 6.29 Å². The van der Waals surface area contributed by atoms with Crippen molar-refractivity contribution in [3.05, 3.63) is 102 Å². The van der Waals surface area contributed by atoms with Crippen molar-refractivity contribution in [2.45, 2.75) is 44.6 Å². The standard InChI is InChI=1S/C27H32O9S2/c1-20(19-26(28)36-38(4,31)32)34-27(22-13-7-5-8-14-22,23-15-9-6-10-16-23)24-17-11-12-18-25(24)33-21(2)35-37(3,29)30/h5-18,20-21,26,28H,19H2,1-4H3. The Morgan fingerprint density at radius 1 is 0.737 bits per heavy atom. The van der Waals surface area contributed by atoms with Crippen molar-refractivity contribution in [3.8, 4) is 5.75 Å². The molecule has 38 heavy (non-hydrogen) atoms. The lowest BCUT2D eigenvalue weighted by atomic mass is 9.79. The molecule has 0 aliphatic rings. The van der Waals surface area contributed by atoms with Crippen LogP contribution >= 0.6 is 0 Å². The van der Waals surface area contributed by atoms with Crippen molar-refractivity contribution in [2.75, 3.05) is 12.5 Å². The summed E-state index contributed by atoms with van der Waals surface area (Å²) in [6, 6.07) is 25.6. The minimum absolute atomic E-state index is 0.162. The van der Waals surface area contributed by atoms with Crippen LogP contribution in [0.2, 0.25) is 0 Å². The zero-order valence-corrected chi connectivity index (χ0v) is 23.2. The molecular formula is C27H32O9S2. The molecule has 0 saturated carbocycles. The largest absolute Gasteiger partial charge is 0.464 e. The summed E-state index contributed by atoms with van der Waals surface area (Å²) >= 11 is 0. The Labute approximate surface area is 224 Å². The Hall–Kier alpha value is -2.80. The van der Waals surface area contributed by atoms with Gasteiger partial charge in [0, 0.05) is 12.0 Å². The molecule has 11 heteroatoms. The summed E-state index contributed by atoms with van der Waals surface area (Å²) in [5.74, 6) is 0.302. The van der Waals surface area contributed by atoms with Gasteiger partial charge in [-0.1, -0.05) is 78.9 Å². The summed E-state index contributed by atoms with van der Waals surface area (Å²) in [6.07, 6.45) is -1.87. The van der Waals surface area contributed by atoms with Crippen LogP contribution in [0.25, 0.3) is 0 Å². The van der Waals surface area contributed by atoms with E-state index in [2.05, 4.69) is 0 Å². The topological polar surface area (TPSA) is 125 Å². The van der Waals surface area contributed by atoms with Gasteiger partial charge in [0.05, 0.1) is 18.6 Å². The minimum Gasteiger partial charge on any atom is -0.464 e. The van der Waals surface area contributed by atoms with Gasteiger partial charge in [0.1, 0.15) is 11.4 Å². The molecule has 0 radical (unpaired) electrons. The molecule has 9 nitrogen and oxygen atoms in total. The van der Waals surface area contributed by atoms with Gasteiger partial charge in [-0.05, 0) is 31.0 Å². The molecule has 0 saturated heterocycles. The molecule has 0 spiro atoms. The lowest BCUT2D eigenvalue weighted by molar-refractivity contribution is -0.0955. The van der Waals surface area contributed by atoms with Crippen molar-refractivity contribution in [1.82, 2.24) is 0 Å². The number of hydrogen-bond donors (Lipinski definition) is 1. The number of rotatable bonds is 13. The molecule has 3 rings (SSSR count). The van der Waals surface area contributed by atoms with E-state index < -0.39 is 44.5 Å². The van der Waals surface area contributed by atoms with Crippen LogP contribution in [-0.2, 0) is 38.9 Å². The molecule has 0 heterocycles. The molecular weight excluding hydrogens is 532 g/mol. The van der Waals surface area contributed by atoms with Gasteiger partial charge in [-0.3, -0.25) is 0 Å². The highest BCUT2D eigenvalue weighted by atomic mass is 32.2. The van der Waals surface area contributed by atoms with Gasteiger partial charge >= 0.3 is 0 Å². The predicted molar refractivity (Wildman–Crippen MR) is 142 cm³/mol. The molecule has 3 atom stereocenters. The van der Waals surface area contributed by atoms with Crippen molar-refractivity contribution in [2.24, 2.45) is 0 Å². The van der Waals surface area contributed by atoms with E-state index in [0.29, 0.717) is 22.4 Å². The highest BCUT2D eigenvalue weighted by Gasteiger charge is 2.42. The van der Waals surface area contributed by atoms with Crippen LogP contribution in [0, 0.1) is 0 Å². The average Bonchev–Trinajstić information content (AvgIpc) is 2.81. The van der Waals surface area contributed by atoms with Gasteiger partial charge in [0.2, 0.25) is 6.29 Å². The zero-order valence-electron chi connectivity index (χ0n) is 21.6. The summed E-state index contributed by atoms with van der Waals surface area (Å²) in [4.78, 5) is 0. The van der Waals surface area contributed by atoms with E-state index in [9.17, 15) is 21.9 Å². The summed E-state index contributed by atoms with van der Waals surface area (Å²) in [5, 5.41) is 10.3. The maximum absolute atomic E-state index is 11.7. The third kappa shape index (κ3) is 8.10. The van der Waals surface area contributed by atoms with Gasteiger partial charge in [-0.2, -0.15) is 16.8 Å². The fourth-order valence-electron chi connectivity index (χ4n) is 4.20. The minimum atomic E-state index is -3.89. The quantitative estimate of drug-likeness (QED) is 0.188. The molecule has 1 N–H and O–H groups in total. The van der Waals surface area contributed by atoms with Crippen molar-refractivity contribution < 1.29 is 39.8 Å².